The number of piperidine rings is 1. The number of amides is 1. The lowest BCUT2D eigenvalue weighted by molar-refractivity contribution is -0.122. The highest BCUT2D eigenvalue weighted by Gasteiger charge is 2.30. The van der Waals surface area contributed by atoms with Gasteiger partial charge in [-0.05, 0) is 43.3 Å². The van der Waals surface area contributed by atoms with Crippen molar-refractivity contribution in [3.05, 3.63) is 47.8 Å². The maximum Gasteiger partial charge on any atom is 0.220 e. The standard InChI is InChI=1S/C26H35FN8O2/c1-32-13-15-34(16-14-32)25-8-7-23-29-30-24(35(23)31-25)9-10-26(36)28-22-11-12-33(18-21(22)27)17-19-3-5-20(37-2)6-4-19/h3-8,21-22H,9-18H2,1-2H3,(H,28,36)/t21-,22-/m1/s1. The van der Waals surface area contributed by atoms with Gasteiger partial charge in [0, 0.05) is 58.7 Å². The van der Waals surface area contributed by atoms with Gasteiger partial charge in [-0.15, -0.1) is 15.3 Å². The normalized spacial score (nSPS) is 21.3. The molecule has 0 bridgehead atoms. The second kappa shape index (κ2) is 11.4. The monoisotopic (exact) mass is 510 g/mol. The topological polar surface area (TPSA) is 91.1 Å². The molecule has 1 aromatic carbocycles. The first kappa shape index (κ1) is 25.3. The third-order valence-corrected chi connectivity index (χ3v) is 7.25. The summed E-state index contributed by atoms with van der Waals surface area (Å²) in [6, 6.07) is 11.2. The van der Waals surface area contributed by atoms with Crippen molar-refractivity contribution in [3.8, 4) is 5.75 Å². The SMILES string of the molecule is COc1ccc(CN2CC[C@@H](NC(=O)CCc3nnc4ccc(N5CCN(C)CC5)nn34)[C@H](F)C2)cc1. The molecule has 0 unspecified atom stereocenters. The molecule has 2 fully saturated rings. The molecule has 11 heteroatoms. The summed E-state index contributed by atoms with van der Waals surface area (Å²) in [7, 11) is 3.76. The number of hydrogen-bond donors (Lipinski definition) is 1. The van der Waals surface area contributed by atoms with Crippen LogP contribution in [-0.2, 0) is 17.8 Å². The maximum absolute atomic E-state index is 14.9. The number of halogens is 1. The quantitative estimate of drug-likeness (QED) is 0.488. The van der Waals surface area contributed by atoms with Crippen LogP contribution in [0.3, 0.4) is 0 Å². The van der Waals surface area contributed by atoms with E-state index in [-0.39, 0.29) is 12.3 Å². The van der Waals surface area contributed by atoms with Crippen molar-refractivity contribution in [2.75, 3.05) is 58.3 Å². The van der Waals surface area contributed by atoms with Crippen LogP contribution in [0.15, 0.2) is 36.4 Å². The molecule has 1 N–H and O–H groups in total. The highest BCUT2D eigenvalue weighted by atomic mass is 19.1. The zero-order valence-electron chi connectivity index (χ0n) is 21.5. The number of nitrogens with zero attached hydrogens (tertiary/aromatic N) is 7. The number of benzene rings is 1. The van der Waals surface area contributed by atoms with Crippen LogP contribution in [0.25, 0.3) is 5.65 Å². The number of likely N-dealkylation sites (N-methyl/N-ethyl adjacent to an activating group) is 1. The van der Waals surface area contributed by atoms with Crippen molar-refractivity contribution in [1.29, 1.82) is 0 Å². The van der Waals surface area contributed by atoms with Crippen molar-refractivity contribution >= 4 is 17.4 Å². The van der Waals surface area contributed by atoms with Crippen LogP contribution >= 0.6 is 0 Å². The van der Waals surface area contributed by atoms with Gasteiger partial charge in [0.15, 0.2) is 11.5 Å². The number of likely N-dealkylation sites (tertiary alicyclic amines) is 1. The molecule has 2 atom stereocenters. The number of ether oxygens (including phenoxy) is 1. The average Bonchev–Trinajstić information content (AvgIpc) is 3.32. The van der Waals surface area contributed by atoms with E-state index in [0.29, 0.717) is 37.4 Å². The van der Waals surface area contributed by atoms with E-state index >= 15 is 0 Å². The summed E-state index contributed by atoms with van der Waals surface area (Å²) < 4.78 is 21.8. The fourth-order valence-electron chi connectivity index (χ4n) is 4.95. The minimum Gasteiger partial charge on any atom is -0.497 e. The fraction of sp³-hybridized carbons (Fsp3) is 0.538. The van der Waals surface area contributed by atoms with Gasteiger partial charge >= 0.3 is 0 Å². The lowest BCUT2D eigenvalue weighted by Crippen LogP contribution is -2.52. The predicted octanol–water partition coefficient (Wildman–Crippen LogP) is 1.55. The molecule has 10 nitrogen and oxygen atoms in total. The average molecular weight is 511 g/mol. The van der Waals surface area contributed by atoms with E-state index in [2.05, 4.69) is 37.3 Å². The van der Waals surface area contributed by atoms with Gasteiger partial charge in [0.05, 0.1) is 13.2 Å². The number of aryl methyl sites for hydroxylation is 1. The van der Waals surface area contributed by atoms with Gasteiger partial charge in [-0.2, -0.15) is 4.52 Å². The van der Waals surface area contributed by atoms with Gasteiger partial charge in [-0.1, -0.05) is 12.1 Å². The predicted molar refractivity (Wildman–Crippen MR) is 139 cm³/mol. The van der Waals surface area contributed by atoms with Gasteiger partial charge in [0.2, 0.25) is 5.91 Å². The van der Waals surface area contributed by atoms with E-state index < -0.39 is 12.2 Å². The second-order valence-corrected chi connectivity index (χ2v) is 9.93. The number of alkyl halides is 1. The smallest absolute Gasteiger partial charge is 0.220 e. The van der Waals surface area contributed by atoms with Gasteiger partial charge in [0.1, 0.15) is 17.7 Å². The number of fused-ring (bicyclic) bond motifs is 1. The summed E-state index contributed by atoms with van der Waals surface area (Å²) in [6.07, 6.45) is 0.0597. The molecule has 0 spiro atoms. The van der Waals surface area contributed by atoms with Crippen molar-refractivity contribution in [1.82, 2.24) is 34.9 Å². The summed E-state index contributed by atoms with van der Waals surface area (Å²) in [5.74, 6) is 2.14. The van der Waals surface area contributed by atoms with Crippen LogP contribution < -0.4 is 15.0 Å². The highest BCUT2D eigenvalue weighted by Crippen LogP contribution is 2.19. The Morgan fingerprint density at radius 1 is 1.08 bits per heavy atom. The minimum atomic E-state index is -1.11. The van der Waals surface area contributed by atoms with E-state index in [1.54, 1.807) is 11.6 Å². The molecule has 5 rings (SSSR count). The third kappa shape index (κ3) is 6.16. The van der Waals surface area contributed by atoms with E-state index in [1.807, 2.05) is 36.4 Å². The minimum absolute atomic E-state index is 0.178. The van der Waals surface area contributed by atoms with Gasteiger partial charge < -0.3 is 19.9 Å². The molecule has 2 aliphatic rings. The Morgan fingerprint density at radius 2 is 1.86 bits per heavy atom. The molecular weight excluding hydrogens is 475 g/mol. The Hall–Kier alpha value is -3.31. The van der Waals surface area contributed by atoms with Crippen LogP contribution in [0.2, 0.25) is 0 Å². The number of carbonyl (C=O) groups excluding carboxylic acids is 1. The molecule has 0 radical (unpaired) electrons. The lowest BCUT2D eigenvalue weighted by Gasteiger charge is -2.35. The number of carbonyl (C=O) groups is 1. The molecule has 2 aromatic heterocycles. The second-order valence-electron chi connectivity index (χ2n) is 9.93. The van der Waals surface area contributed by atoms with Gasteiger partial charge in [-0.3, -0.25) is 9.69 Å². The lowest BCUT2D eigenvalue weighted by atomic mass is 10.0. The zero-order valence-corrected chi connectivity index (χ0v) is 21.5. The van der Waals surface area contributed by atoms with Crippen molar-refractivity contribution in [3.63, 3.8) is 0 Å². The molecule has 37 heavy (non-hydrogen) atoms. The van der Waals surface area contributed by atoms with Crippen molar-refractivity contribution in [2.24, 2.45) is 0 Å². The van der Waals surface area contributed by atoms with E-state index in [0.717, 1.165) is 49.9 Å². The molecule has 1 amide bonds. The Morgan fingerprint density at radius 3 is 2.59 bits per heavy atom. The van der Waals surface area contributed by atoms with Crippen LogP contribution in [0.1, 0.15) is 24.2 Å². The Labute approximate surface area is 216 Å². The van der Waals surface area contributed by atoms with E-state index in [4.69, 9.17) is 9.84 Å². The molecular formula is C26H35FN8O2. The van der Waals surface area contributed by atoms with Crippen LogP contribution in [0.4, 0.5) is 10.2 Å². The van der Waals surface area contributed by atoms with Crippen LogP contribution in [-0.4, -0.2) is 101 Å². The van der Waals surface area contributed by atoms with Gasteiger partial charge in [0.25, 0.3) is 0 Å². The number of hydrogen-bond acceptors (Lipinski definition) is 8. The third-order valence-electron chi connectivity index (χ3n) is 7.25. The Kier molecular flexibility index (Phi) is 7.80. The first-order valence-corrected chi connectivity index (χ1v) is 12.9. The first-order valence-electron chi connectivity index (χ1n) is 12.9. The molecule has 0 aliphatic carbocycles. The zero-order chi connectivity index (χ0) is 25.8. The largest absolute Gasteiger partial charge is 0.497 e. The number of aromatic nitrogens is 4. The molecule has 2 aliphatic heterocycles. The Bertz CT molecular complexity index is 1200. The molecule has 2 saturated heterocycles. The molecule has 3 aromatic rings. The summed E-state index contributed by atoms with van der Waals surface area (Å²) in [5, 5.41) is 16.1. The van der Waals surface area contributed by atoms with Crippen molar-refractivity contribution in [2.45, 2.75) is 38.0 Å². The summed E-state index contributed by atoms with van der Waals surface area (Å²) >= 11 is 0. The number of anilines is 1. The highest BCUT2D eigenvalue weighted by molar-refractivity contribution is 5.76. The van der Waals surface area contributed by atoms with Crippen LogP contribution in [0.5, 0.6) is 5.75 Å². The van der Waals surface area contributed by atoms with E-state index in [9.17, 15) is 9.18 Å². The maximum atomic E-state index is 14.9. The number of piperazine rings is 1. The first-order chi connectivity index (χ1) is 18.0. The number of methoxy groups -OCH3 is 1. The number of nitrogens with one attached hydrogen (secondary N) is 1. The van der Waals surface area contributed by atoms with Gasteiger partial charge in [-0.25, -0.2) is 4.39 Å². The van der Waals surface area contributed by atoms with Crippen molar-refractivity contribution < 1.29 is 13.9 Å². The molecule has 4 heterocycles. The fourth-order valence-corrected chi connectivity index (χ4v) is 4.95. The Balaban J connectivity index is 1.12. The summed E-state index contributed by atoms with van der Waals surface area (Å²) in [4.78, 5) is 19.3. The number of rotatable bonds is 8. The summed E-state index contributed by atoms with van der Waals surface area (Å²) in [5.41, 5.74) is 1.77. The molecule has 198 valence electrons. The summed E-state index contributed by atoms with van der Waals surface area (Å²) in [6.45, 7) is 5.51. The van der Waals surface area contributed by atoms with E-state index in [1.165, 1.54) is 0 Å². The molecule has 0 saturated carbocycles. The van der Waals surface area contributed by atoms with Crippen LogP contribution in [0, 0.1) is 0 Å².